The molecule has 4 heteroatoms. The average molecular weight is 323 g/mol. The van der Waals surface area contributed by atoms with Gasteiger partial charge < -0.3 is 10.1 Å². The average Bonchev–Trinajstić information content (AvgIpc) is 2.72. The highest BCUT2D eigenvalue weighted by Crippen LogP contribution is 2.41. The van der Waals surface area contributed by atoms with Crippen molar-refractivity contribution in [3.63, 3.8) is 0 Å². The Morgan fingerprint density at radius 3 is 2.67 bits per heavy atom. The van der Waals surface area contributed by atoms with Crippen molar-refractivity contribution in [1.29, 1.82) is 0 Å². The third-order valence-corrected chi connectivity index (χ3v) is 4.30. The number of hydrogen-bond acceptors (Lipinski definition) is 3. The van der Waals surface area contributed by atoms with Crippen LogP contribution in [0.2, 0.25) is 0 Å². The van der Waals surface area contributed by atoms with Crippen molar-refractivity contribution in [2.45, 2.75) is 25.8 Å². The maximum Gasteiger partial charge on any atom is 0.338 e. The molecule has 1 aliphatic carbocycles. The van der Waals surface area contributed by atoms with Crippen LogP contribution in [0, 0.1) is 11.8 Å². The largest absolute Gasteiger partial charge is 0.429 e. The minimum atomic E-state index is -1.07. The Morgan fingerprint density at radius 2 is 1.96 bits per heavy atom. The molecule has 1 amide bonds. The molecule has 2 atom stereocenters. The van der Waals surface area contributed by atoms with Crippen molar-refractivity contribution in [1.82, 2.24) is 5.32 Å². The fourth-order valence-electron chi connectivity index (χ4n) is 3.32. The van der Waals surface area contributed by atoms with E-state index in [-0.39, 0.29) is 17.7 Å². The maximum atomic E-state index is 12.7. The number of amides is 1. The van der Waals surface area contributed by atoms with Crippen molar-refractivity contribution in [3.05, 3.63) is 72.0 Å². The molecule has 124 valence electrons. The first-order valence-corrected chi connectivity index (χ1v) is 8.18. The Morgan fingerprint density at radius 1 is 1.21 bits per heavy atom. The lowest BCUT2D eigenvalue weighted by molar-refractivity contribution is -0.142. The van der Waals surface area contributed by atoms with E-state index < -0.39 is 11.5 Å². The van der Waals surface area contributed by atoms with E-state index in [1.807, 2.05) is 44.2 Å². The summed E-state index contributed by atoms with van der Waals surface area (Å²) < 4.78 is 5.50. The van der Waals surface area contributed by atoms with E-state index in [0.717, 1.165) is 0 Å². The number of rotatable bonds is 4. The summed E-state index contributed by atoms with van der Waals surface area (Å²) in [6.45, 7) is 4.06. The van der Waals surface area contributed by atoms with Crippen molar-refractivity contribution in [2.75, 3.05) is 0 Å². The molecule has 1 aliphatic heterocycles. The predicted octanol–water partition coefficient (Wildman–Crippen LogP) is 3.38. The third-order valence-electron chi connectivity index (χ3n) is 4.30. The Balaban J connectivity index is 1.99. The number of benzene rings is 1. The number of carbonyl (C=O) groups excluding carboxylic acids is 2. The molecule has 1 heterocycles. The summed E-state index contributed by atoms with van der Waals surface area (Å²) in [4.78, 5) is 25.5. The van der Waals surface area contributed by atoms with Gasteiger partial charge in [-0.05, 0) is 30.5 Å². The molecule has 0 saturated carbocycles. The number of fused-ring (bicyclic) bond motifs is 1. The molecule has 0 unspecified atom stereocenters. The van der Waals surface area contributed by atoms with Gasteiger partial charge in [-0.1, -0.05) is 56.4 Å². The lowest BCUT2D eigenvalue weighted by atomic mass is 9.78. The van der Waals surface area contributed by atoms with Crippen LogP contribution in [-0.2, 0) is 9.53 Å². The maximum absolute atomic E-state index is 12.7. The molecule has 0 bridgehead atoms. The van der Waals surface area contributed by atoms with Crippen molar-refractivity contribution >= 4 is 11.9 Å². The number of ether oxygens (including phenoxy) is 1. The fraction of sp³-hybridized carbons (Fsp3) is 0.300. The van der Waals surface area contributed by atoms with Gasteiger partial charge in [0.15, 0.2) is 5.54 Å². The van der Waals surface area contributed by atoms with Gasteiger partial charge in [0.1, 0.15) is 5.76 Å². The van der Waals surface area contributed by atoms with Crippen molar-refractivity contribution in [2.24, 2.45) is 11.8 Å². The summed E-state index contributed by atoms with van der Waals surface area (Å²) in [5, 5.41) is 2.98. The van der Waals surface area contributed by atoms with Crippen LogP contribution in [0.3, 0.4) is 0 Å². The molecule has 2 aliphatic rings. The number of nitrogens with one attached hydrogen (secondary N) is 1. The molecule has 0 spiro atoms. The van der Waals surface area contributed by atoms with Crippen LogP contribution < -0.4 is 5.32 Å². The van der Waals surface area contributed by atoms with E-state index in [4.69, 9.17) is 4.74 Å². The molecule has 1 N–H and O–H groups in total. The lowest BCUT2D eigenvalue weighted by Gasteiger charge is -2.32. The van der Waals surface area contributed by atoms with E-state index in [9.17, 15) is 9.59 Å². The van der Waals surface area contributed by atoms with Gasteiger partial charge in [-0.3, -0.25) is 4.79 Å². The molecule has 1 saturated heterocycles. The Labute approximate surface area is 141 Å². The number of carbonyl (C=O) groups is 2. The molecular formula is C20H21NO3. The van der Waals surface area contributed by atoms with Gasteiger partial charge in [-0.2, -0.15) is 0 Å². The SMILES string of the molecule is CC(C)C[C@@]1(NC(=O)c2ccccc2)C(=O)OC2=CC=CC=C[C@H]21. The summed E-state index contributed by atoms with van der Waals surface area (Å²) in [7, 11) is 0. The summed E-state index contributed by atoms with van der Waals surface area (Å²) in [6, 6.07) is 8.93. The van der Waals surface area contributed by atoms with Gasteiger partial charge in [0, 0.05) is 5.56 Å². The quantitative estimate of drug-likeness (QED) is 0.864. The van der Waals surface area contributed by atoms with Gasteiger partial charge in [0.05, 0.1) is 5.92 Å². The molecule has 1 aromatic carbocycles. The second kappa shape index (κ2) is 6.48. The van der Waals surface area contributed by atoms with E-state index >= 15 is 0 Å². The zero-order valence-electron chi connectivity index (χ0n) is 13.9. The van der Waals surface area contributed by atoms with Crippen molar-refractivity contribution < 1.29 is 14.3 Å². The van der Waals surface area contributed by atoms with Crippen LogP contribution in [-0.4, -0.2) is 17.4 Å². The highest BCUT2D eigenvalue weighted by molar-refractivity contribution is 5.99. The van der Waals surface area contributed by atoms with Crippen LogP contribution in [0.15, 0.2) is 66.5 Å². The Bertz CT molecular complexity index is 731. The zero-order chi connectivity index (χ0) is 17.2. The molecule has 24 heavy (non-hydrogen) atoms. The normalized spacial score (nSPS) is 25.0. The van der Waals surface area contributed by atoms with Crippen LogP contribution in [0.1, 0.15) is 30.6 Å². The number of hydrogen-bond donors (Lipinski definition) is 1. The van der Waals surface area contributed by atoms with E-state index in [0.29, 0.717) is 17.7 Å². The summed E-state index contributed by atoms with van der Waals surface area (Å²) >= 11 is 0. The standard InChI is InChI=1S/C20H21NO3/c1-14(2)13-20(21-18(22)15-9-5-3-6-10-15)16-11-7-4-8-12-17(16)24-19(20)23/h3-12,14,16H,13H2,1-2H3,(H,21,22)/t16-,20+/m1/s1. The van der Waals surface area contributed by atoms with Gasteiger partial charge in [-0.15, -0.1) is 0 Å². The van der Waals surface area contributed by atoms with Gasteiger partial charge >= 0.3 is 5.97 Å². The van der Waals surface area contributed by atoms with Crippen LogP contribution in [0.4, 0.5) is 0 Å². The third kappa shape index (κ3) is 2.92. The molecule has 3 rings (SSSR count). The van der Waals surface area contributed by atoms with Gasteiger partial charge in [0.2, 0.25) is 0 Å². The predicted molar refractivity (Wildman–Crippen MR) is 92.0 cm³/mol. The molecule has 1 fully saturated rings. The number of allylic oxidation sites excluding steroid dienone is 4. The Kier molecular flexibility index (Phi) is 4.38. The summed E-state index contributed by atoms with van der Waals surface area (Å²) in [5.41, 5.74) is -0.545. The minimum Gasteiger partial charge on any atom is -0.429 e. The zero-order valence-corrected chi connectivity index (χ0v) is 13.9. The first-order valence-electron chi connectivity index (χ1n) is 8.18. The van der Waals surface area contributed by atoms with Crippen LogP contribution in [0.5, 0.6) is 0 Å². The second-order valence-electron chi connectivity index (χ2n) is 6.60. The molecule has 0 aromatic heterocycles. The smallest absolute Gasteiger partial charge is 0.338 e. The van der Waals surface area contributed by atoms with E-state index in [1.54, 1.807) is 30.3 Å². The first-order chi connectivity index (χ1) is 11.5. The summed E-state index contributed by atoms with van der Waals surface area (Å²) in [6.07, 6.45) is 9.84. The molecular weight excluding hydrogens is 302 g/mol. The fourth-order valence-corrected chi connectivity index (χ4v) is 3.32. The van der Waals surface area contributed by atoms with Gasteiger partial charge in [0.25, 0.3) is 5.91 Å². The van der Waals surface area contributed by atoms with Crippen molar-refractivity contribution in [3.8, 4) is 0 Å². The topological polar surface area (TPSA) is 55.4 Å². The molecule has 1 aromatic rings. The molecule has 0 radical (unpaired) electrons. The van der Waals surface area contributed by atoms with Crippen LogP contribution >= 0.6 is 0 Å². The van der Waals surface area contributed by atoms with Gasteiger partial charge in [-0.25, -0.2) is 4.79 Å². The highest BCUT2D eigenvalue weighted by atomic mass is 16.5. The van der Waals surface area contributed by atoms with Crippen LogP contribution in [0.25, 0.3) is 0 Å². The molecule has 4 nitrogen and oxygen atoms in total. The van der Waals surface area contributed by atoms with E-state index in [2.05, 4.69) is 5.32 Å². The summed E-state index contributed by atoms with van der Waals surface area (Å²) in [5.74, 6) is -0.150. The lowest BCUT2D eigenvalue weighted by Crippen LogP contribution is -2.56. The monoisotopic (exact) mass is 323 g/mol. The van der Waals surface area contributed by atoms with E-state index in [1.165, 1.54) is 0 Å². The Hall–Kier alpha value is -2.62. The minimum absolute atomic E-state index is 0.220. The first kappa shape index (κ1) is 16.2. The highest BCUT2D eigenvalue weighted by Gasteiger charge is 2.55. The number of esters is 1. The second-order valence-corrected chi connectivity index (χ2v) is 6.60.